The average molecular weight is 255 g/mol. The fourth-order valence-corrected chi connectivity index (χ4v) is 1.49. The van der Waals surface area contributed by atoms with E-state index in [0.717, 1.165) is 11.3 Å². The first-order chi connectivity index (χ1) is 8.24. The van der Waals surface area contributed by atoms with Crippen LogP contribution in [-0.4, -0.2) is 33.2 Å². The van der Waals surface area contributed by atoms with Gasteiger partial charge >= 0.3 is 6.09 Å². The topological polar surface area (TPSA) is 76.4 Å². The van der Waals surface area contributed by atoms with Gasteiger partial charge in [0.05, 0.1) is 18.8 Å². The van der Waals surface area contributed by atoms with Crippen LogP contribution in [0.3, 0.4) is 0 Å². The van der Waals surface area contributed by atoms with Gasteiger partial charge in [0.15, 0.2) is 0 Å². The highest BCUT2D eigenvalue weighted by Crippen LogP contribution is 2.19. The van der Waals surface area contributed by atoms with E-state index in [2.05, 4.69) is 10.4 Å². The summed E-state index contributed by atoms with van der Waals surface area (Å²) < 4.78 is 6.75. The third-order valence-corrected chi connectivity index (χ3v) is 2.36. The SMILES string of the molecule is Cc1nn(CCO)c(NC(=O)OC(C)(C)C)c1C. The molecule has 0 unspecified atom stereocenters. The van der Waals surface area contributed by atoms with Crippen molar-refractivity contribution in [2.75, 3.05) is 11.9 Å². The molecule has 1 rings (SSSR count). The summed E-state index contributed by atoms with van der Waals surface area (Å²) in [6.45, 7) is 9.41. The Bertz CT molecular complexity index is 433. The first kappa shape index (κ1) is 14.5. The third kappa shape index (κ3) is 3.73. The molecule has 102 valence electrons. The normalized spacial score (nSPS) is 11.4. The molecule has 0 atom stereocenters. The highest BCUT2D eigenvalue weighted by atomic mass is 16.6. The summed E-state index contributed by atoms with van der Waals surface area (Å²) in [6.07, 6.45) is -0.523. The Morgan fingerprint density at radius 3 is 2.56 bits per heavy atom. The van der Waals surface area contributed by atoms with Gasteiger partial charge in [0.25, 0.3) is 0 Å². The molecule has 18 heavy (non-hydrogen) atoms. The predicted molar refractivity (Wildman–Crippen MR) is 68.6 cm³/mol. The number of nitrogens with one attached hydrogen (secondary N) is 1. The zero-order chi connectivity index (χ0) is 13.9. The monoisotopic (exact) mass is 255 g/mol. The molecule has 0 radical (unpaired) electrons. The quantitative estimate of drug-likeness (QED) is 0.864. The van der Waals surface area contributed by atoms with Crippen LogP contribution < -0.4 is 5.32 Å². The van der Waals surface area contributed by atoms with Gasteiger partial charge in [-0.05, 0) is 34.6 Å². The Balaban J connectivity index is 2.86. The lowest BCUT2D eigenvalue weighted by molar-refractivity contribution is 0.0634. The minimum Gasteiger partial charge on any atom is -0.444 e. The van der Waals surface area contributed by atoms with Crippen molar-refractivity contribution in [3.05, 3.63) is 11.3 Å². The Kier molecular flexibility index (Phi) is 4.34. The van der Waals surface area contributed by atoms with E-state index in [1.165, 1.54) is 0 Å². The molecule has 0 aromatic carbocycles. The number of nitrogens with zero attached hydrogens (tertiary/aromatic N) is 2. The summed E-state index contributed by atoms with van der Waals surface area (Å²) in [4.78, 5) is 11.7. The third-order valence-electron chi connectivity index (χ3n) is 2.36. The van der Waals surface area contributed by atoms with E-state index in [0.29, 0.717) is 12.4 Å². The number of amides is 1. The second-order valence-corrected chi connectivity index (χ2v) is 5.13. The van der Waals surface area contributed by atoms with Crippen molar-refractivity contribution in [3.63, 3.8) is 0 Å². The first-order valence-electron chi connectivity index (χ1n) is 5.89. The van der Waals surface area contributed by atoms with E-state index in [9.17, 15) is 4.79 Å². The molecule has 6 heteroatoms. The lowest BCUT2D eigenvalue weighted by Crippen LogP contribution is -2.28. The molecule has 0 aliphatic rings. The van der Waals surface area contributed by atoms with Gasteiger partial charge in [-0.2, -0.15) is 5.10 Å². The predicted octanol–water partition coefficient (Wildman–Crippen LogP) is 1.84. The molecule has 0 aliphatic carbocycles. The van der Waals surface area contributed by atoms with E-state index in [1.807, 2.05) is 13.8 Å². The van der Waals surface area contributed by atoms with E-state index in [4.69, 9.17) is 9.84 Å². The molecule has 0 fully saturated rings. The number of aromatic nitrogens is 2. The van der Waals surface area contributed by atoms with Crippen LogP contribution in [0.5, 0.6) is 0 Å². The lowest BCUT2D eigenvalue weighted by atomic mass is 10.2. The molecule has 2 N–H and O–H groups in total. The number of hydrogen-bond donors (Lipinski definition) is 2. The van der Waals surface area contributed by atoms with E-state index in [-0.39, 0.29) is 6.61 Å². The van der Waals surface area contributed by atoms with E-state index >= 15 is 0 Å². The molecule has 0 saturated carbocycles. The number of anilines is 1. The second kappa shape index (κ2) is 5.39. The van der Waals surface area contributed by atoms with Crippen molar-refractivity contribution in [1.29, 1.82) is 0 Å². The minimum atomic E-state index is -0.547. The van der Waals surface area contributed by atoms with Crippen LogP contribution in [0.2, 0.25) is 0 Å². The van der Waals surface area contributed by atoms with Crippen LogP contribution in [0.15, 0.2) is 0 Å². The van der Waals surface area contributed by atoms with Crippen molar-refractivity contribution in [2.45, 2.75) is 46.8 Å². The number of ether oxygens (including phenoxy) is 1. The molecule has 0 saturated heterocycles. The highest BCUT2D eigenvalue weighted by molar-refractivity contribution is 5.84. The first-order valence-corrected chi connectivity index (χ1v) is 5.89. The van der Waals surface area contributed by atoms with Crippen molar-refractivity contribution in [2.24, 2.45) is 0 Å². The number of aliphatic hydroxyl groups excluding tert-OH is 1. The van der Waals surface area contributed by atoms with Gasteiger partial charge in [0, 0.05) is 5.56 Å². The summed E-state index contributed by atoms with van der Waals surface area (Å²) in [7, 11) is 0. The van der Waals surface area contributed by atoms with Crippen molar-refractivity contribution >= 4 is 11.9 Å². The Morgan fingerprint density at radius 2 is 2.06 bits per heavy atom. The molecule has 6 nitrogen and oxygen atoms in total. The zero-order valence-corrected chi connectivity index (χ0v) is 11.6. The number of aryl methyl sites for hydroxylation is 1. The number of hydrogen-bond acceptors (Lipinski definition) is 4. The molecule has 0 aliphatic heterocycles. The van der Waals surface area contributed by atoms with Gasteiger partial charge in [-0.3, -0.25) is 5.32 Å². The maximum Gasteiger partial charge on any atom is 0.413 e. The fraction of sp³-hybridized carbons (Fsp3) is 0.667. The Morgan fingerprint density at radius 1 is 1.44 bits per heavy atom. The zero-order valence-electron chi connectivity index (χ0n) is 11.6. The van der Waals surface area contributed by atoms with Crippen LogP contribution in [0.4, 0.5) is 10.6 Å². The second-order valence-electron chi connectivity index (χ2n) is 5.13. The standard InChI is InChI=1S/C12H21N3O3/c1-8-9(2)14-15(6-7-16)10(8)13-11(17)18-12(3,4)5/h16H,6-7H2,1-5H3,(H,13,17). The molecule has 1 heterocycles. The van der Waals surface area contributed by atoms with Crippen LogP contribution in [0, 0.1) is 13.8 Å². The van der Waals surface area contributed by atoms with Gasteiger partial charge in [-0.1, -0.05) is 0 Å². The van der Waals surface area contributed by atoms with Gasteiger partial charge in [-0.25, -0.2) is 9.48 Å². The number of rotatable bonds is 3. The van der Waals surface area contributed by atoms with Crippen LogP contribution in [0.25, 0.3) is 0 Å². The van der Waals surface area contributed by atoms with Crippen molar-refractivity contribution in [1.82, 2.24) is 9.78 Å². The lowest BCUT2D eigenvalue weighted by Gasteiger charge is -2.20. The number of carbonyl (C=O) groups is 1. The maximum atomic E-state index is 11.7. The minimum absolute atomic E-state index is 0.0381. The summed E-state index contributed by atoms with van der Waals surface area (Å²) in [5.41, 5.74) is 1.14. The number of aliphatic hydroxyl groups is 1. The smallest absolute Gasteiger partial charge is 0.413 e. The summed E-state index contributed by atoms with van der Waals surface area (Å²) >= 11 is 0. The van der Waals surface area contributed by atoms with E-state index < -0.39 is 11.7 Å². The summed E-state index contributed by atoms with van der Waals surface area (Å²) in [6, 6.07) is 0. The molecule has 1 aromatic heterocycles. The van der Waals surface area contributed by atoms with Gasteiger partial charge in [0.2, 0.25) is 0 Å². The summed E-state index contributed by atoms with van der Waals surface area (Å²) in [5, 5.41) is 15.9. The van der Waals surface area contributed by atoms with Crippen molar-refractivity contribution < 1.29 is 14.6 Å². The van der Waals surface area contributed by atoms with Gasteiger partial charge in [-0.15, -0.1) is 0 Å². The summed E-state index contributed by atoms with van der Waals surface area (Å²) in [5.74, 6) is 0.566. The van der Waals surface area contributed by atoms with Crippen LogP contribution in [-0.2, 0) is 11.3 Å². The van der Waals surface area contributed by atoms with E-state index in [1.54, 1.807) is 25.5 Å². The Hall–Kier alpha value is -1.56. The number of carbonyl (C=O) groups excluding carboxylic acids is 1. The van der Waals surface area contributed by atoms with Crippen molar-refractivity contribution in [3.8, 4) is 0 Å². The average Bonchev–Trinajstić information content (AvgIpc) is 2.44. The molecule has 1 amide bonds. The molecular weight excluding hydrogens is 234 g/mol. The molecule has 0 spiro atoms. The fourth-order valence-electron chi connectivity index (χ4n) is 1.49. The molecule has 0 bridgehead atoms. The molecular formula is C12H21N3O3. The highest BCUT2D eigenvalue weighted by Gasteiger charge is 2.19. The van der Waals surface area contributed by atoms with Gasteiger partial charge in [0.1, 0.15) is 11.4 Å². The Labute approximate surface area is 107 Å². The van der Waals surface area contributed by atoms with Crippen LogP contribution >= 0.6 is 0 Å². The van der Waals surface area contributed by atoms with Gasteiger partial charge < -0.3 is 9.84 Å². The maximum absolute atomic E-state index is 11.7. The van der Waals surface area contributed by atoms with Crippen LogP contribution in [0.1, 0.15) is 32.0 Å². The largest absolute Gasteiger partial charge is 0.444 e. The molecule has 1 aromatic rings.